The first-order valence-corrected chi connectivity index (χ1v) is 7.63. The van der Waals surface area contributed by atoms with Gasteiger partial charge in [-0.25, -0.2) is 0 Å². The van der Waals surface area contributed by atoms with Crippen LogP contribution in [0.1, 0.15) is 47.2 Å². The Labute approximate surface area is 122 Å². The Balaban J connectivity index is 1.93. The van der Waals surface area contributed by atoms with E-state index in [1.165, 1.54) is 46.3 Å². The summed E-state index contributed by atoms with van der Waals surface area (Å²) in [6.07, 6.45) is 3.48. The van der Waals surface area contributed by atoms with Crippen molar-refractivity contribution < 1.29 is 0 Å². The third-order valence-corrected chi connectivity index (χ3v) is 4.44. The smallest absolute Gasteiger partial charge is 0.0520 e. The predicted octanol–water partition coefficient (Wildman–Crippen LogP) is 4.97. The van der Waals surface area contributed by atoms with Crippen molar-refractivity contribution in [2.45, 2.75) is 46.1 Å². The summed E-state index contributed by atoms with van der Waals surface area (Å²) in [6, 6.07) is 13.9. The molecule has 1 aliphatic rings. The lowest BCUT2D eigenvalue weighted by Crippen LogP contribution is -2.10. The summed E-state index contributed by atoms with van der Waals surface area (Å²) in [6.45, 7) is 6.61. The maximum atomic E-state index is 3.81. The van der Waals surface area contributed by atoms with Gasteiger partial charge < -0.3 is 5.32 Å². The number of anilines is 1. The molecule has 0 saturated carbocycles. The first kappa shape index (κ1) is 13.2. The van der Waals surface area contributed by atoms with E-state index in [9.17, 15) is 0 Å². The van der Waals surface area contributed by atoms with E-state index in [4.69, 9.17) is 0 Å². The van der Waals surface area contributed by atoms with Gasteiger partial charge in [-0.3, -0.25) is 0 Å². The molecular formula is C19H23N. The summed E-state index contributed by atoms with van der Waals surface area (Å²) in [5.74, 6) is 0. The molecule has 0 aromatic heterocycles. The molecule has 1 aliphatic carbocycles. The van der Waals surface area contributed by atoms with Gasteiger partial charge in [-0.2, -0.15) is 0 Å². The van der Waals surface area contributed by atoms with Crippen molar-refractivity contribution in [2.75, 3.05) is 5.32 Å². The Morgan fingerprint density at radius 1 is 1.15 bits per heavy atom. The minimum absolute atomic E-state index is 0.469. The molecular weight excluding hydrogens is 242 g/mol. The van der Waals surface area contributed by atoms with Crippen LogP contribution in [-0.2, 0) is 12.8 Å². The second-order valence-electron chi connectivity index (χ2n) is 5.90. The van der Waals surface area contributed by atoms with E-state index >= 15 is 0 Å². The largest absolute Gasteiger partial charge is 0.378 e. The first-order valence-electron chi connectivity index (χ1n) is 7.63. The predicted molar refractivity (Wildman–Crippen MR) is 86.4 cm³/mol. The summed E-state index contributed by atoms with van der Waals surface area (Å²) >= 11 is 0. The fourth-order valence-corrected chi connectivity index (χ4v) is 3.28. The van der Waals surface area contributed by atoms with Crippen LogP contribution in [0.4, 0.5) is 5.69 Å². The van der Waals surface area contributed by atoms with E-state index in [-0.39, 0.29) is 0 Å². The molecule has 1 nitrogen and oxygen atoms in total. The molecule has 0 saturated heterocycles. The van der Waals surface area contributed by atoms with Gasteiger partial charge in [-0.1, -0.05) is 48.9 Å². The van der Waals surface area contributed by atoms with Gasteiger partial charge in [-0.05, 0) is 55.4 Å². The lowest BCUT2D eigenvalue weighted by molar-refractivity contribution is 0.759. The molecule has 0 bridgehead atoms. The zero-order valence-corrected chi connectivity index (χ0v) is 12.7. The fourth-order valence-electron chi connectivity index (χ4n) is 3.28. The zero-order valence-electron chi connectivity index (χ0n) is 12.7. The van der Waals surface area contributed by atoms with Crippen LogP contribution in [0.5, 0.6) is 0 Å². The molecule has 2 aromatic rings. The van der Waals surface area contributed by atoms with Crippen molar-refractivity contribution in [2.24, 2.45) is 0 Å². The molecule has 20 heavy (non-hydrogen) atoms. The van der Waals surface area contributed by atoms with Gasteiger partial charge in [0.25, 0.3) is 0 Å². The van der Waals surface area contributed by atoms with Gasteiger partial charge in [0, 0.05) is 5.69 Å². The Bertz CT molecular complexity index is 628. The van der Waals surface area contributed by atoms with E-state index in [0.29, 0.717) is 6.04 Å². The summed E-state index contributed by atoms with van der Waals surface area (Å²) in [5.41, 5.74) is 8.49. The molecule has 0 spiro atoms. The maximum absolute atomic E-state index is 3.81. The van der Waals surface area contributed by atoms with E-state index in [2.05, 4.69) is 62.5 Å². The highest BCUT2D eigenvalue weighted by molar-refractivity contribution is 5.59. The van der Waals surface area contributed by atoms with Crippen LogP contribution in [0.15, 0.2) is 36.4 Å². The van der Waals surface area contributed by atoms with Gasteiger partial charge >= 0.3 is 0 Å². The van der Waals surface area contributed by atoms with Crippen LogP contribution in [0.2, 0.25) is 0 Å². The molecule has 1 atom stereocenters. The minimum atomic E-state index is 0.469. The highest BCUT2D eigenvalue weighted by Gasteiger charge is 2.23. The highest BCUT2D eigenvalue weighted by atomic mass is 14.9. The molecule has 0 radical (unpaired) electrons. The van der Waals surface area contributed by atoms with Crippen molar-refractivity contribution in [3.05, 3.63) is 64.2 Å². The molecule has 1 heteroatoms. The van der Waals surface area contributed by atoms with E-state index < -0.39 is 0 Å². The van der Waals surface area contributed by atoms with Crippen LogP contribution in [-0.4, -0.2) is 0 Å². The molecule has 104 valence electrons. The number of aryl methyl sites for hydroxylation is 4. The summed E-state index contributed by atoms with van der Waals surface area (Å²) < 4.78 is 0. The first-order chi connectivity index (χ1) is 9.69. The summed E-state index contributed by atoms with van der Waals surface area (Å²) in [7, 11) is 0. The Morgan fingerprint density at radius 3 is 2.80 bits per heavy atom. The number of hydrogen-bond acceptors (Lipinski definition) is 1. The highest BCUT2D eigenvalue weighted by Crippen LogP contribution is 2.36. The molecule has 0 heterocycles. The van der Waals surface area contributed by atoms with E-state index in [1.54, 1.807) is 0 Å². The number of para-hydroxylation sites is 1. The number of nitrogens with one attached hydrogen (secondary N) is 1. The van der Waals surface area contributed by atoms with Crippen molar-refractivity contribution >= 4 is 5.69 Å². The molecule has 3 rings (SSSR count). The maximum Gasteiger partial charge on any atom is 0.0520 e. The van der Waals surface area contributed by atoms with Crippen molar-refractivity contribution in [3.8, 4) is 0 Å². The number of hydrogen-bond donors (Lipinski definition) is 1. The van der Waals surface area contributed by atoms with Crippen molar-refractivity contribution in [1.29, 1.82) is 0 Å². The summed E-state index contributed by atoms with van der Waals surface area (Å²) in [4.78, 5) is 0. The minimum Gasteiger partial charge on any atom is -0.378 e. The molecule has 0 fully saturated rings. The molecule has 0 amide bonds. The van der Waals surface area contributed by atoms with Crippen LogP contribution < -0.4 is 5.32 Å². The molecule has 0 aliphatic heterocycles. The lowest BCUT2D eigenvalue weighted by Gasteiger charge is -2.20. The van der Waals surface area contributed by atoms with Crippen molar-refractivity contribution in [1.82, 2.24) is 0 Å². The van der Waals surface area contributed by atoms with Gasteiger partial charge in [0.05, 0.1) is 6.04 Å². The van der Waals surface area contributed by atoms with Crippen molar-refractivity contribution in [3.63, 3.8) is 0 Å². The second-order valence-corrected chi connectivity index (χ2v) is 5.90. The van der Waals surface area contributed by atoms with Crippen LogP contribution >= 0.6 is 0 Å². The third-order valence-electron chi connectivity index (χ3n) is 4.44. The van der Waals surface area contributed by atoms with Gasteiger partial charge in [0.1, 0.15) is 0 Å². The van der Waals surface area contributed by atoms with Crippen LogP contribution in [0.3, 0.4) is 0 Å². The SMILES string of the molecule is CCc1cccc(C)c1NC1CCc2ccc(C)cc21. The molecule has 1 unspecified atom stereocenters. The summed E-state index contributed by atoms with van der Waals surface area (Å²) in [5, 5.41) is 3.81. The average molecular weight is 265 g/mol. The number of fused-ring (bicyclic) bond motifs is 1. The molecule has 2 aromatic carbocycles. The zero-order chi connectivity index (χ0) is 14.1. The van der Waals surface area contributed by atoms with E-state index in [0.717, 1.165) is 6.42 Å². The second kappa shape index (κ2) is 5.32. The normalized spacial score (nSPS) is 17.1. The van der Waals surface area contributed by atoms with Crippen LogP contribution in [0.25, 0.3) is 0 Å². The Kier molecular flexibility index (Phi) is 3.52. The van der Waals surface area contributed by atoms with Gasteiger partial charge in [-0.15, -0.1) is 0 Å². The Morgan fingerprint density at radius 2 is 2.00 bits per heavy atom. The Hall–Kier alpha value is -1.76. The van der Waals surface area contributed by atoms with Gasteiger partial charge in [0.15, 0.2) is 0 Å². The van der Waals surface area contributed by atoms with Crippen LogP contribution in [0, 0.1) is 13.8 Å². The number of rotatable bonds is 3. The topological polar surface area (TPSA) is 12.0 Å². The van der Waals surface area contributed by atoms with Gasteiger partial charge in [0.2, 0.25) is 0 Å². The average Bonchev–Trinajstić information content (AvgIpc) is 2.83. The molecule has 1 N–H and O–H groups in total. The monoisotopic (exact) mass is 265 g/mol. The number of benzene rings is 2. The van der Waals surface area contributed by atoms with E-state index in [1.807, 2.05) is 0 Å². The fraction of sp³-hybridized carbons (Fsp3) is 0.368. The lowest BCUT2D eigenvalue weighted by atomic mass is 10.0. The quantitative estimate of drug-likeness (QED) is 0.826. The third kappa shape index (κ3) is 2.33. The standard InChI is InChI=1S/C19H23N/c1-4-15-7-5-6-14(3)19(15)20-18-11-10-16-9-8-13(2)12-17(16)18/h5-9,12,18,20H,4,10-11H2,1-3H3.